The molecule has 7 heteroatoms. The molecule has 88 valence electrons. The number of pyridine rings is 1. The molecule has 17 heavy (non-hydrogen) atoms. The lowest BCUT2D eigenvalue weighted by Crippen LogP contribution is -2.24. The van der Waals surface area contributed by atoms with Gasteiger partial charge in [-0.15, -0.1) is 11.3 Å². The van der Waals surface area contributed by atoms with Crippen LogP contribution in [-0.2, 0) is 6.54 Å². The maximum absolute atomic E-state index is 13.5. The Hall–Kier alpha value is -2.02. The van der Waals surface area contributed by atoms with E-state index in [0.29, 0.717) is 0 Å². The van der Waals surface area contributed by atoms with Crippen LogP contribution in [0.2, 0.25) is 0 Å². The van der Waals surface area contributed by atoms with Crippen molar-refractivity contribution in [3.63, 3.8) is 0 Å². The van der Waals surface area contributed by atoms with Gasteiger partial charge in [0.15, 0.2) is 11.6 Å². The van der Waals surface area contributed by atoms with Crippen LogP contribution in [0.1, 0.15) is 15.4 Å². The third-order valence-electron chi connectivity index (χ3n) is 2.04. The zero-order valence-corrected chi connectivity index (χ0v) is 9.50. The number of nitrogens with two attached hydrogens (primary N) is 1. The minimum absolute atomic E-state index is 0.117. The Balaban J connectivity index is 2.07. The fraction of sp³-hybridized carbons (Fsp3) is 0.100. The summed E-state index contributed by atoms with van der Waals surface area (Å²) in [6.45, 7) is 0.262. The average molecular weight is 252 g/mol. The second-order valence-corrected chi connectivity index (χ2v) is 4.15. The highest BCUT2D eigenvalue weighted by atomic mass is 32.1. The van der Waals surface area contributed by atoms with E-state index in [2.05, 4.69) is 15.3 Å². The normalized spacial score (nSPS) is 10.2. The lowest BCUT2D eigenvalue weighted by Gasteiger charge is -2.05. The number of halogens is 1. The first-order valence-electron chi connectivity index (χ1n) is 4.75. The first-order valence-corrected chi connectivity index (χ1v) is 5.63. The molecule has 0 radical (unpaired) electrons. The highest BCUT2D eigenvalue weighted by Gasteiger charge is 2.14. The summed E-state index contributed by atoms with van der Waals surface area (Å²) in [5.74, 6) is -1.62. The van der Waals surface area contributed by atoms with E-state index < -0.39 is 11.7 Å². The van der Waals surface area contributed by atoms with Crippen molar-refractivity contribution in [1.82, 2.24) is 15.3 Å². The number of anilines is 1. The van der Waals surface area contributed by atoms with Crippen molar-refractivity contribution in [1.29, 1.82) is 0 Å². The Labute approximate surface area is 101 Å². The van der Waals surface area contributed by atoms with Gasteiger partial charge < -0.3 is 11.1 Å². The van der Waals surface area contributed by atoms with Crippen molar-refractivity contribution in [2.75, 3.05) is 5.73 Å². The summed E-state index contributed by atoms with van der Waals surface area (Å²) in [7, 11) is 0. The van der Waals surface area contributed by atoms with E-state index in [1.54, 1.807) is 11.6 Å². The third kappa shape index (κ3) is 2.56. The minimum Gasteiger partial charge on any atom is -0.381 e. The number of nitrogens with one attached hydrogen (secondary N) is 1. The number of rotatable bonds is 3. The molecule has 0 aliphatic rings. The molecule has 0 spiro atoms. The van der Waals surface area contributed by atoms with Gasteiger partial charge in [0.1, 0.15) is 5.01 Å². The van der Waals surface area contributed by atoms with Gasteiger partial charge in [0.25, 0.3) is 5.91 Å². The molecule has 0 unspecified atom stereocenters. The van der Waals surface area contributed by atoms with Crippen LogP contribution >= 0.6 is 11.3 Å². The zero-order valence-electron chi connectivity index (χ0n) is 8.68. The van der Waals surface area contributed by atoms with Crippen LogP contribution < -0.4 is 11.1 Å². The number of nitrogen functional groups attached to an aromatic ring is 1. The zero-order chi connectivity index (χ0) is 12.3. The summed E-state index contributed by atoms with van der Waals surface area (Å²) in [5, 5.41) is 5.10. The van der Waals surface area contributed by atoms with Crippen LogP contribution in [0.15, 0.2) is 23.8 Å². The Bertz CT molecular complexity index is 529. The van der Waals surface area contributed by atoms with E-state index in [-0.39, 0.29) is 17.9 Å². The summed E-state index contributed by atoms with van der Waals surface area (Å²) in [6.07, 6.45) is 2.92. The Morgan fingerprint density at radius 1 is 1.47 bits per heavy atom. The molecular weight excluding hydrogens is 243 g/mol. The number of hydrogen-bond acceptors (Lipinski definition) is 5. The Kier molecular flexibility index (Phi) is 3.29. The number of thiazole rings is 1. The molecule has 2 rings (SSSR count). The number of hydrogen-bond donors (Lipinski definition) is 2. The molecular formula is C10H9FN4OS. The first kappa shape index (κ1) is 11.5. The van der Waals surface area contributed by atoms with E-state index >= 15 is 0 Å². The number of carbonyl (C=O) groups is 1. The first-order chi connectivity index (χ1) is 8.18. The smallest absolute Gasteiger partial charge is 0.254 e. The van der Waals surface area contributed by atoms with Gasteiger partial charge in [0.2, 0.25) is 0 Å². The van der Waals surface area contributed by atoms with E-state index in [1.165, 1.54) is 23.6 Å². The summed E-state index contributed by atoms with van der Waals surface area (Å²) >= 11 is 1.41. The molecule has 0 saturated carbocycles. The summed E-state index contributed by atoms with van der Waals surface area (Å²) in [6, 6.07) is 1.28. The van der Waals surface area contributed by atoms with Crippen LogP contribution in [0.25, 0.3) is 0 Å². The van der Waals surface area contributed by atoms with Gasteiger partial charge in [-0.05, 0) is 6.07 Å². The van der Waals surface area contributed by atoms with Gasteiger partial charge in [-0.1, -0.05) is 0 Å². The lowest BCUT2D eigenvalue weighted by molar-refractivity contribution is 0.0947. The molecule has 2 aromatic rings. The molecule has 0 saturated heterocycles. The summed E-state index contributed by atoms with van der Waals surface area (Å²) in [5.41, 5.74) is 5.16. The van der Waals surface area contributed by atoms with Crippen molar-refractivity contribution in [3.8, 4) is 0 Å². The standard InChI is InChI=1S/C10H9FN4OS/c11-8-6(1-2-14-9(8)12)10(16)15-5-7-13-3-4-17-7/h1-4H,5H2,(H2,12,14)(H,15,16). The number of nitrogens with zero attached hydrogens (tertiary/aromatic N) is 2. The molecule has 0 aliphatic carbocycles. The second kappa shape index (κ2) is 4.88. The highest BCUT2D eigenvalue weighted by Crippen LogP contribution is 2.12. The second-order valence-electron chi connectivity index (χ2n) is 3.17. The van der Waals surface area contributed by atoms with Crippen molar-refractivity contribution in [3.05, 3.63) is 40.2 Å². The largest absolute Gasteiger partial charge is 0.381 e. The van der Waals surface area contributed by atoms with E-state index in [1.807, 2.05) is 0 Å². The topological polar surface area (TPSA) is 80.9 Å². The minimum atomic E-state index is -0.802. The Morgan fingerprint density at radius 2 is 2.29 bits per heavy atom. The molecule has 0 bridgehead atoms. The molecule has 0 atom stereocenters. The van der Waals surface area contributed by atoms with Crippen molar-refractivity contribution in [2.24, 2.45) is 0 Å². The molecule has 0 aromatic carbocycles. The highest BCUT2D eigenvalue weighted by molar-refractivity contribution is 7.09. The van der Waals surface area contributed by atoms with E-state index in [9.17, 15) is 9.18 Å². The fourth-order valence-electron chi connectivity index (χ4n) is 1.23. The number of amides is 1. The third-order valence-corrected chi connectivity index (χ3v) is 2.82. The molecule has 2 aromatic heterocycles. The van der Waals surface area contributed by atoms with Gasteiger partial charge in [0.05, 0.1) is 12.1 Å². The predicted molar refractivity (Wildman–Crippen MR) is 61.9 cm³/mol. The average Bonchev–Trinajstić information content (AvgIpc) is 2.82. The molecule has 0 fully saturated rings. The van der Waals surface area contributed by atoms with Gasteiger partial charge in [-0.2, -0.15) is 0 Å². The van der Waals surface area contributed by atoms with Gasteiger partial charge in [0, 0.05) is 17.8 Å². The fourth-order valence-corrected chi connectivity index (χ4v) is 1.78. The Morgan fingerprint density at radius 3 is 3.00 bits per heavy atom. The van der Waals surface area contributed by atoms with Crippen LogP contribution in [0, 0.1) is 5.82 Å². The maximum Gasteiger partial charge on any atom is 0.254 e. The quantitative estimate of drug-likeness (QED) is 0.859. The molecule has 0 aliphatic heterocycles. The van der Waals surface area contributed by atoms with Crippen molar-refractivity contribution < 1.29 is 9.18 Å². The van der Waals surface area contributed by atoms with Crippen LogP contribution in [0.3, 0.4) is 0 Å². The van der Waals surface area contributed by atoms with Gasteiger partial charge in [-0.25, -0.2) is 14.4 Å². The number of aromatic nitrogens is 2. The van der Waals surface area contributed by atoms with Gasteiger partial charge >= 0.3 is 0 Å². The SMILES string of the molecule is Nc1nccc(C(=O)NCc2nccs2)c1F. The molecule has 3 N–H and O–H groups in total. The van der Waals surface area contributed by atoms with Crippen LogP contribution in [0.4, 0.5) is 10.2 Å². The van der Waals surface area contributed by atoms with Crippen LogP contribution in [0.5, 0.6) is 0 Å². The predicted octanol–water partition coefficient (Wildman–Crippen LogP) is 1.19. The van der Waals surface area contributed by atoms with E-state index in [0.717, 1.165) is 5.01 Å². The van der Waals surface area contributed by atoms with Gasteiger partial charge in [-0.3, -0.25) is 4.79 Å². The van der Waals surface area contributed by atoms with Crippen molar-refractivity contribution in [2.45, 2.75) is 6.54 Å². The monoisotopic (exact) mass is 252 g/mol. The van der Waals surface area contributed by atoms with Crippen LogP contribution in [-0.4, -0.2) is 15.9 Å². The van der Waals surface area contributed by atoms with E-state index in [4.69, 9.17) is 5.73 Å². The maximum atomic E-state index is 13.5. The molecule has 2 heterocycles. The molecule has 1 amide bonds. The summed E-state index contributed by atoms with van der Waals surface area (Å²) in [4.78, 5) is 19.2. The summed E-state index contributed by atoms with van der Waals surface area (Å²) < 4.78 is 13.5. The van der Waals surface area contributed by atoms with Crippen molar-refractivity contribution >= 4 is 23.1 Å². The lowest BCUT2D eigenvalue weighted by atomic mass is 10.2. The number of carbonyl (C=O) groups excluding carboxylic acids is 1. The molecule has 5 nitrogen and oxygen atoms in total.